The third kappa shape index (κ3) is 3.32. The normalized spacial score (nSPS) is 19.1. The maximum absolute atomic E-state index is 13.7. The Morgan fingerprint density at radius 1 is 1.55 bits per heavy atom. The van der Waals surface area contributed by atoms with E-state index in [1.54, 1.807) is 0 Å². The van der Waals surface area contributed by atoms with Crippen LogP contribution in [0, 0.1) is 5.82 Å². The Bertz CT molecular complexity index is 613. The van der Waals surface area contributed by atoms with E-state index in [9.17, 15) is 12.8 Å². The number of halogens is 1. The first-order chi connectivity index (χ1) is 9.42. The lowest BCUT2D eigenvalue weighted by Crippen LogP contribution is -2.33. The summed E-state index contributed by atoms with van der Waals surface area (Å²) in [5.41, 5.74) is 5.14. The first-order valence-electron chi connectivity index (χ1n) is 6.11. The largest absolute Gasteiger partial charge is 0.389 e. The van der Waals surface area contributed by atoms with Crippen molar-refractivity contribution in [3.63, 3.8) is 0 Å². The van der Waals surface area contributed by atoms with Crippen LogP contribution in [0.3, 0.4) is 0 Å². The topological polar surface area (TPSA) is 81.4 Å². The smallest absolute Gasteiger partial charge is 0.241 e. The van der Waals surface area contributed by atoms with Crippen LogP contribution in [0.5, 0.6) is 0 Å². The SMILES string of the molecule is NC(=S)c1c(F)cccc1S(=O)(=O)NCC1CCCO1. The van der Waals surface area contributed by atoms with Crippen molar-refractivity contribution >= 4 is 27.2 Å². The number of thiocarbonyl (C=S) groups is 1. The Balaban J connectivity index is 2.24. The van der Waals surface area contributed by atoms with Gasteiger partial charge in [0.2, 0.25) is 10.0 Å². The molecule has 8 heteroatoms. The molecule has 1 aliphatic heterocycles. The van der Waals surface area contributed by atoms with Gasteiger partial charge < -0.3 is 10.5 Å². The van der Waals surface area contributed by atoms with Crippen molar-refractivity contribution in [3.8, 4) is 0 Å². The maximum Gasteiger partial charge on any atom is 0.241 e. The molecule has 20 heavy (non-hydrogen) atoms. The summed E-state index contributed by atoms with van der Waals surface area (Å²) in [6.07, 6.45) is 1.56. The molecule has 0 spiro atoms. The van der Waals surface area contributed by atoms with Gasteiger partial charge in [0, 0.05) is 13.2 Å². The highest BCUT2D eigenvalue weighted by Crippen LogP contribution is 2.19. The predicted octanol–water partition coefficient (Wildman–Crippen LogP) is 0.917. The number of rotatable bonds is 5. The van der Waals surface area contributed by atoms with Gasteiger partial charge >= 0.3 is 0 Å². The first kappa shape index (κ1) is 15.3. The molecule has 1 aromatic carbocycles. The lowest BCUT2D eigenvalue weighted by molar-refractivity contribution is 0.114. The summed E-state index contributed by atoms with van der Waals surface area (Å²) < 4.78 is 45.9. The van der Waals surface area contributed by atoms with Crippen molar-refractivity contribution in [2.75, 3.05) is 13.2 Å². The van der Waals surface area contributed by atoms with E-state index in [4.69, 9.17) is 22.7 Å². The summed E-state index contributed by atoms with van der Waals surface area (Å²) in [6.45, 7) is 0.778. The summed E-state index contributed by atoms with van der Waals surface area (Å²) in [5, 5.41) is 0. The van der Waals surface area contributed by atoms with E-state index >= 15 is 0 Å². The summed E-state index contributed by atoms with van der Waals surface area (Å²) in [4.78, 5) is -0.538. The zero-order valence-electron chi connectivity index (χ0n) is 10.6. The van der Waals surface area contributed by atoms with Crippen LogP contribution in [0.25, 0.3) is 0 Å². The highest BCUT2D eigenvalue weighted by atomic mass is 32.2. The third-order valence-corrected chi connectivity index (χ3v) is 4.71. The van der Waals surface area contributed by atoms with Gasteiger partial charge in [0.05, 0.1) is 16.6 Å². The fourth-order valence-electron chi connectivity index (χ4n) is 2.05. The van der Waals surface area contributed by atoms with Crippen LogP contribution >= 0.6 is 12.2 Å². The summed E-state index contributed by atoms with van der Waals surface area (Å²) in [7, 11) is -3.88. The van der Waals surface area contributed by atoms with Crippen molar-refractivity contribution in [2.45, 2.75) is 23.8 Å². The Hall–Kier alpha value is -1.09. The number of nitrogens with one attached hydrogen (secondary N) is 1. The zero-order valence-corrected chi connectivity index (χ0v) is 12.3. The minimum Gasteiger partial charge on any atom is -0.389 e. The highest BCUT2D eigenvalue weighted by molar-refractivity contribution is 7.89. The van der Waals surface area contributed by atoms with Gasteiger partial charge in [-0.15, -0.1) is 0 Å². The van der Waals surface area contributed by atoms with Crippen molar-refractivity contribution in [1.29, 1.82) is 0 Å². The van der Waals surface area contributed by atoms with Crippen LogP contribution < -0.4 is 10.5 Å². The molecule has 1 fully saturated rings. The monoisotopic (exact) mass is 318 g/mol. The van der Waals surface area contributed by atoms with Crippen LogP contribution in [-0.2, 0) is 14.8 Å². The van der Waals surface area contributed by atoms with Gasteiger partial charge in [-0.1, -0.05) is 18.3 Å². The van der Waals surface area contributed by atoms with Crippen LogP contribution in [0.2, 0.25) is 0 Å². The standard InChI is InChI=1S/C12H15FN2O3S2/c13-9-4-1-5-10(11(9)12(14)19)20(16,17)15-7-8-3-2-6-18-8/h1,4-5,8,15H,2-3,6-7H2,(H2,14,19). The van der Waals surface area contributed by atoms with Crippen LogP contribution in [-0.4, -0.2) is 32.7 Å². The third-order valence-electron chi connectivity index (χ3n) is 3.04. The fraction of sp³-hybridized carbons (Fsp3) is 0.417. The minimum absolute atomic E-state index is 0.147. The van der Waals surface area contributed by atoms with Gasteiger partial charge in [0.25, 0.3) is 0 Å². The number of nitrogens with two attached hydrogens (primary N) is 1. The average Bonchev–Trinajstić information content (AvgIpc) is 2.89. The van der Waals surface area contributed by atoms with Gasteiger partial charge in [0.15, 0.2) is 0 Å². The van der Waals surface area contributed by atoms with Crippen LogP contribution in [0.1, 0.15) is 18.4 Å². The summed E-state index contributed by atoms with van der Waals surface area (Å²) >= 11 is 4.72. The van der Waals surface area contributed by atoms with Gasteiger partial charge in [-0.2, -0.15) is 0 Å². The second kappa shape index (κ2) is 6.13. The van der Waals surface area contributed by atoms with Crippen molar-refractivity contribution in [3.05, 3.63) is 29.6 Å². The van der Waals surface area contributed by atoms with Gasteiger partial charge in [0.1, 0.15) is 10.8 Å². The maximum atomic E-state index is 13.7. The summed E-state index contributed by atoms with van der Waals surface area (Å²) in [5.74, 6) is -0.752. The first-order valence-corrected chi connectivity index (χ1v) is 8.00. The Labute approximate surface area is 122 Å². The summed E-state index contributed by atoms with van der Waals surface area (Å²) in [6, 6.07) is 3.70. The molecule has 0 aliphatic carbocycles. The van der Waals surface area contributed by atoms with Gasteiger partial charge in [-0.3, -0.25) is 0 Å². The number of benzene rings is 1. The van der Waals surface area contributed by atoms with E-state index in [0.29, 0.717) is 6.61 Å². The lowest BCUT2D eigenvalue weighted by Gasteiger charge is -2.14. The molecular formula is C12H15FN2O3S2. The fourth-order valence-corrected chi connectivity index (χ4v) is 3.62. The Kier molecular flexibility index (Phi) is 4.69. The predicted molar refractivity (Wildman–Crippen MR) is 76.4 cm³/mol. The van der Waals surface area contributed by atoms with E-state index in [-0.39, 0.29) is 28.1 Å². The quantitative estimate of drug-likeness (QED) is 0.789. The zero-order chi connectivity index (χ0) is 14.8. The molecule has 110 valence electrons. The molecule has 0 saturated carbocycles. The molecule has 1 heterocycles. The van der Waals surface area contributed by atoms with Crippen molar-refractivity contribution in [1.82, 2.24) is 4.72 Å². The average molecular weight is 318 g/mol. The highest BCUT2D eigenvalue weighted by Gasteiger charge is 2.24. The molecule has 0 aromatic heterocycles. The molecule has 0 amide bonds. The number of hydrogen-bond acceptors (Lipinski definition) is 4. The van der Waals surface area contributed by atoms with Crippen LogP contribution in [0.15, 0.2) is 23.1 Å². The minimum atomic E-state index is -3.88. The van der Waals surface area contributed by atoms with Gasteiger partial charge in [-0.25, -0.2) is 17.5 Å². The molecule has 0 radical (unpaired) electrons. The molecular weight excluding hydrogens is 303 g/mol. The molecule has 2 rings (SSSR count). The molecule has 0 bridgehead atoms. The second-order valence-electron chi connectivity index (χ2n) is 4.46. The number of sulfonamides is 1. The van der Waals surface area contributed by atoms with Gasteiger partial charge in [-0.05, 0) is 25.0 Å². The van der Waals surface area contributed by atoms with Crippen molar-refractivity contribution < 1.29 is 17.5 Å². The molecule has 1 aromatic rings. The number of ether oxygens (including phenoxy) is 1. The van der Waals surface area contributed by atoms with E-state index < -0.39 is 15.8 Å². The molecule has 1 saturated heterocycles. The molecule has 5 nitrogen and oxygen atoms in total. The van der Waals surface area contributed by atoms with Crippen LogP contribution in [0.4, 0.5) is 4.39 Å². The molecule has 1 unspecified atom stereocenters. The van der Waals surface area contributed by atoms with Crippen molar-refractivity contribution in [2.24, 2.45) is 5.73 Å². The Morgan fingerprint density at radius 2 is 2.30 bits per heavy atom. The number of hydrogen-bond donors (Lipinski definition) is 2. The second-order valence-corrected chi connectivity index (χ2v) is 6.64. The Morgan fingerprint density at radius 3 is 2.90 bits per heavy atom. The van der Waals surface area contributed by atoms with E-state index in [1.807, 2.05) is 0 Å². The van der Waals surface area contributed by atoms with E-state index in [0.717, 1.165) is 18.9 Å². The molecule has 3 N–H and O–H groups in total. The lowest BCUT2D eigenvalue weighted by atomic mass is 10.2. The molecule has 1 atom stereocenters. The molecule has 1 aliphatic rings. The van der Waals surface area contributed by atoms with E-state index in [1.165, 1.54) is 12.1 Å². The van der Waals surface area contributed by atoms with E-state index in [2.05, 4.69) is 4.72 Å².